The molecule has 0 saturated carbocycles. The first kappa shape index (κ1) is 25.7. The van der Waals surface area contributed by atoms with E-state index in [1.54, 1.807) is 0 Å². The predicted octanol–water partition coefficient (Wildman–Crippen LogP) is 5.23. The fourth-order valence-corrected chi connectivity index (χ4v) is 4.69. The van der Waals surface area contributed by atoms with Gasteiger partial charge in [-0.2, -0.15) is 0 Å². The fourth-order valence-electron chi connectivity index (χ4n) is 4.69. The summed E-state index contributed by atoms with van der Waals surface area (Å²) in [6.45, 7) is 8.65. The lowest BCUT2D eigenvalue weighted by molar-refractivity contribution is 0.293. The third-order valence-corrected chi connectivity index (χ3v) is 6.35. The minimum Gasteiger partial charge on any atom is -0.759 e. The van der Waals surface area contributed by atoms with E-state index in [4.69, 9.17) is 17.5 Å². The molecule has 0 amide bonds. The van der Waals surface area contributed by atoms with Crippen molar-refractivity contribution >= 4 is 27.1 Å². The van der Waals surface area contributed by atoms with Crippen LogP contribution in [-0.4, -0.2) is 51.0 Å². The first-order valence-corrected chi connectivity index (χ1v) is 13.3. The number of fused-ring (bicyclic) bond motifs is 3. The van der Waals surface area contributed by atoms with Crippen molar-refractivity contribution in [1.29, 1.82) is 0 Å². The summed E-state index contributed by atoms with van der Waals surface area (Å²) in [6, 6.07) is 30.4. The van der Waals surface area contributed by atoms with E-state index in [0.717, 1.165) is 26.2 Å². The molecule has 0 spiro atoms. The average Bonchev–Trinajstić information content (AvgIpc) is 3.40. The van der Waals surface area contributed by atoms with Gasteiger partial charge in [-0.3, -0.25) is 12.8 Å². The Balaban J connectivity index is 0.000000556. The SMILES string of the molecule is CCN(CC)CCn1c2ccccc2n2cc(-c3ccccc3)c(-c3ccccc3)c12.O=S(=O)([O-])[O-]. The molecule has 36 heavy (non-hydrogen) atoms. The smallest absolute Gasteiger partial charge is 0.126 e. The van der Waals surface area contributed by atoms with Crippen LogP contribution in [0.25, 0.3) is 38.9 Å². The Labute approximate surface area is 211 Å². The van der Waals surface area contributed by atoms with Crippen LogP contribution in [0.3, 0.4) is 0 Å². The lowest BCUT2D eigenvalue weighted by Gasteiger charge is -2.19. The van der Waals surface area contributed by atoms with Crippen molar-refractivity contribution in [2.24, 2.45) is 0 Å². The maximum Gasteiger partial charge on any atom is 0.126 e. The summed E-state index contributed by atoms with van der Waals surface area (Å²) in [5, 5.41) is 0. The molecule has 7 nitrogen and oxygen atoms in total. The van der Waals surface area contributed by atoms with Gasteiger partial charge in [0.15, 0.2) is 0 Å². The molecule has 0 radical (unpaired) electrons. The number of nitrogens with zero attached hydrogens (tertiary/aromatic N) is 3. The Morgan fingerprint density at radius 3 is 1.81 bits per heavy atom. The van der Waals surface area contributed by atoms with Crippen LogP contribution < -0.4 is 0 Å². The molecule has 2 aromatic heterocycles. The van der Waals surface area contributed by atoms with E-state index in [0.29, 0.717) is 0 Å². The molecule has 2 heterocycles. The monoisotopic (exact) mass is 503 g/mol. The van der Waals surface area contributed by atoms with Gasteiger partial charge in [-0.15, -0.1) is 0 Å². The quantitative estimate of drug-likeness (QED) is 0.224. The third-order valence-electron chi connectivity index (χ3n) is 6.35. The van der Waals surface area contributed by atoms with Crippen molar-refractivity contribution in [2.45, 2.75) is 20.4 Å². The highest BCUT2D eigenvalue weighted by atomic mass is 32.3. The second-order valence-electron chi connectivity index (χ2n) is 8.42. The van der Waals surface area contributed by atoms with Crippen LogP contribution in [0.2, 0.25) is 0 Å². The maximum absolute atomic E-state index is 8.52. The second kappa shape index (κ2) is 11.1. The number of imidazole rings is 1. The molecule has 0 unspecified atom stereocenters. The molecule has 5 rings (SSSR count). The van der Waals surface area contributed by atoms with Crippen molar-refractivity contribution in [3.05, 3.63) is 91.1 Å². The number of hydrogen-bond donors (Lipinski definition) is 0. The molecule has 5 aromatic rings. The van der Waals surface area contributed by atoms with Crippen molar-refractivity contribution in [2.75, 3.05) is 19.6 Å². The van der Waals surface area contributed by atoms with Crippen molar-refractivity contribution < 1.29 is 17.5 Å². The van der Waals surface area contributed by atoms with E-state index in [2.05, 4.69) is 119 Å². The van der Waals surface area contributed by atoms with Gasteiger partial charge in [-0.1, -0.05) is 86.6 Å². The van der Waals surface area contributed by atoms with E-state index < -0.39 is 10.4 Å². The lowest BCUT2D eigenvalue weighted by Crippen LogP contribution is -2.27. The van der Waals surface area contributed by atoms with E-state index in [1.165, 1.54) is 38.9 Å². The van der Waals surface area contributed by atoms with Gasteiger partial charge in [-0.25, -0.2) is 0 Å². The van der Waals surface area contributed by atoms with Crippen molar-refractivity contribution in [1.82, 2.24) is 13.9 Å². The van der Waals surface area contributed by atoms with Gasteiger partial charge in [0.25, 0.3) is 0 Å². The van der Waals surface area contributed by atoms with Gasteiger partial charge in [0.2, 0.25) is 0 Å². The Morgan fingerprint density at radius 2 is 1.25 bits per heavy atom. The highest BCUT2D eigenvalue weighted by molar-refractivity contribution is 7.79. The number of rotatable bonds is 7. The molecule has 3 aromatic carbocycles. The Kier molecular flexibility index (Phi) is 7.91. The predicted molar refractivity (Wildman–Crippen MR) is 142 cm³/mol. The van der Waals surface area contributed by atoms with Gasteiger partial charge in [0, 0.05) is 40.8 Å². The highest BCUT2D eigenvalue weighted by Crippen LogP contribution is 2.39. The largest absolute Gasteiger partial charge is 0.759 e. The van der Waals surface area contributed by atoms with Crippen LogP contribution in [0.15, 0.2) is 91.1 Å². The highest BCUT2D eigenvalue weighted by Gasteiger charge is 2.21. The summed E-state index contributed by atoms with van der Waals surface area (Å²) in [6.07, 6.45) is 2.32. The number of likely N-dealkylation sites (N-methyl/N-ethyl adjacent to an activating group) is 1. The summed E-state index contributed by atoms with van der Waals surface area (Å²) in [4.78, 5) is 2.49. The minimum absolute atomic E-state index is 0.969. The molecule has 188 valence electrons. The Hall–Kier alpha value is -3.43. The first-order chi connectivity index (χ1) is 17.3. The summed E-state index contributed by atoms with van der Waals surface area (Å²) in [7, 11) is -5.17. The summed E-state index contributed by atoms with van der Waals surface area (Å²) < 4.78 is 39.0. The van der Waals surface area contributed by atoms with Crippen LogP contribution in [0.5, 0.6) is 0 Å². The molecule has 0 atom stereocenters. The van der Waals surface area contributed by atoms with Crippen LogP contribution in [0.4, 0.5) is 0 Å². The molecule has 0 aliphatic rings. The second-order valence-corrected chi connectivity index (χ2v) is 9.24. The number of aromatic nitrogens is 2. The fraction of sp³-hybridized carbons (Fsp3) is 0.214. The number of para-hydroxylation sites is 2. The van der Waals surface area contributed by atoms with Gasteiger partial charge in [0.1, 0.15) is 5.65 Å². The zero-order chi connectivity index (χ0) is 25.7. The van der Waals surface area contributed by atoms with E-state index in [9.17, 15) is 0 Å². The van der Waals surface area contributed by atoms with E-state index in [1.807, 2.05) is 0 Å². The molecule has 0 fully saturated rings. The minimum atomic E-state index is -5.17. The number of hydrogen-bond acceptors (Lipinski definition) is 5. The topological polar surface area (TPSA) is 92.8 Å². The van der Waals surface area contributed by atoms with Gasteiger partial charge in [0.05, 0.1) is 11.0 Å². The van der Waals surface area contributed by atoms with Crippen molar-refractivity contribution in [3.8, 4) is 22.3 Å². The maximum atomic E-state index is 8.52. The van der Waals surface area contributed by atoms with Crippen LogP contribution in [0, 0.1) is 0 Å². The third kappa shape index (κ3) is 5.68. The zero-order valence-corrected chi connectivity index (χ0v) is 21.2. The first-order valence-electron chi connectivity index (χ1n) is 11.9. The molecule has 0 bridgehead atoms. The molecule has 0 aliphatic heterocycles. The molecular formula is C28H29N3O4S-2. The normalized spacial score (nSPS) is 11.7. The van der Waals surface area contributed by atoms with Crippen LogP contribution in [-0.2, 0) is 16.9 Å². The average molecular weight is 504 g/mol. The molecule has 8 heteroatoms. The molecule has 0 N–H and O–H groups in total. The summed E-state index contributed by atoms with van der Waals surface area (Å²) in [5.74, 6) is 0. The lowest BCUT2D eigenvalue weighted by atomic mass is 9.98. The van der Waals surface area contributed by atoms with Crippen molar-refractivity contribution in [3.63, 3.8) is 0 Å². The van der Waals surface area contributed by atoms with Crippen LogP contribution in [0.1, 0.15) is 13.8 Å². The Morgan fingerprint density at radius 1 is 0.750 bits per heavy atom. The molecule has 0 aliphatic carbocycles. The summed E-state index contributed by atoms with van der Waals surface area (Å²) >= 11 is 0. The van der Waals surface area contributed by atoms with Crippen LogP contribution >= 0.6 is 0 Å². The van der Waals surface area contributed by atoms with Gasteiger partial charge < -0.3 is 18.6 Å². The number of benzene rings is 3. The van der Waals surface area contributed by atoms with Gasteiger partial charge in [-0.05, 0) is 36.3 Å². The molecular weight excluding hydrogens is 474 g/mol. The molecule has 0 saturated heterocycles. The summed E-state index contributed by atoms with van der Waals surface area (Å²) in [5.41, 5.74) is 8.93. The van der Waals surface area contributed by atoms with E-state index in [-0.39, 0.29) is 0 Å². The standard InChI is InChI=1S/C28H29N3.H2O4S/c1-3-29(4-2)19-20-30-25-17-11-12-18-26(25)31-21-24(22-13-7-5-8-14-22)27(28(30)31)23-15-9-6-10-16-23;1-5(2,3)4/h5-18,21H,3-4,19-20H2,1-2H3;(H2,1,2,3,4)/p-2. The Bertz CT molecular complexity index is 1530. The zero-order valence-electron chi connectivity index (χ0n) is 20.4. The van der Waals surface area contributed by atoms with E-state index >= 15 is 0 Å². The van der Waals surface area contributed by atoms with Gasteiger partial charge >= 0.3 is 0 Å².